The van der Waals surface area contributed by atoms with Gasteiger partial charge in [0.15, 0.2) is 5.65 Å². The topological polar surface area (TPSA) is 56.1 Å². The van der Waals surface area contributed by atoms with Crippen molar-refractivity contribution in [3.63, 3.8) is 0 Å². The summed E-state index contributed by atoms with van der Waals surface area (Å²) in [5.41, 5.74) is -0.111. The average Bonchev–Trinajstić information content (AvgIpc) is 3.15. The molecule has 0 radical (unpaired) electrons. The molecule has 3 heterocycles. The van der Waals surface area contributed by atoms with E-state index in [1.54, 1.807) is 13.1 Å². The Hall–Kier alpha value is -2.98. The van der Waals surface area contributed by atoms with Gasteiger partial charge < -0.3 is 9.64 Å². The van der Waals surface area contributed by atoms with Crippen molar-refractivity contribution in [2.75, 3.05) is 18.0 Å². The maximum Gasteiger partial charge on any atom is 0.419 e. The highest BCUT2D eigenvalue weighted by molar-refractivity contribution is 5.71. The van der Waals surface area contributed by atoms with Crippen molar-refractivity contribution >= 4 is 17.0 Å². The van der Waals surface area contributed by atoms with E-state index >= 15 is 0 Å². The molecule has 0 unspecified atom stereocenters. The number of benzene rings is 1. The van der Waals surface area contributed by atoms with Crippen LogP contribution >= 0.6 is 0 Å². The maximum absolute atomic E-state index is 13.3. The van der Waals surface area contributed by atoms with Gasteiger partial charge in [0.1, 0.15) is 29.7 Å². The maximum atomic E-state index is 13.3. The predicted octanol–water partition coefficient (Wildman–Crippen LogP) is 4.79. The van der Waals surface area contributed by atoms with Crippen molar-refractivity contribution in [1.29, 1.82) is 0 Å². The minimum atomic E-state index is -4.50. The molecule has 32 heavy (non-hydrogen) atoms. The molecule has 2 aromatic heterocycles. The quantitative estimate of drug-likeness (QED) is 0.500. The number of halogens is 5. The van der Waals surface area contributed by atoms with Crippen molar-refractivity contribution in [3.05, 3.63) is 42.2 Å². The van der Waals surface area contributed by atoms with Crippen LogP contribution in [0.15, 0.2) is 36.7 Å². The molecule has 1 aromatic carbocycles. The van der Waals surface area contributed by atoms with Crippen molar-refractivity contribution in [2.45, 2.75) is 45.0 Å². The normalized spacial score (nSPS) is 18.3. The molecule has 3 aromatic rings. The Morgan fingerprint density at radius 1 is 1.19 bits per heavy atom. The third-order valence-electron chi connectivity index (χ3n) is 5.59. The molecule has 0 amide bonds. The smallest absolute Gasteiger partial charge is 0.419 e. The number of nitrogens with zero attached hydrogens (tertiary/aromatic N) is 5. The third kappa shape index (κ3) is 4.76. The molecule has 172 valence electrons. The highest BCUT2D eigenvalue weighted by Crippen LogP contribution is 2.37. The molecule has 4 rings (SSSR count). The van der Waals surface area contributed by atoms with E-state index in [2.05, 4.69) is 15.1 Å². The summed E-state index contributed by atoms with van der Waals surface area (Å²) in [7, 11) is 0. The number of hydrogen-bond acceptors (Lipinski definition) is 5. The van der Waals surface area contributed by atoms with Crippen LogP contribution in [-0.4, -0.2) is 45.4 Å². The number of ether oxygens (including phenoxy) is 1. The number of piperidine rings is 1. The Bertz CT molecular complexity index is 1070. The first-order valence-electron chi connectivity index (χ1n) is 10.3. The van der Waals surface area contributed by atoms with Crippen LogP contribution in [0.5, 0.6) is 5.75 Å². The lowest BCUT2D eigenvalue weighted by Crippen LogP contribution is -2.41. The van der Waals surface area contributed by atoms with Crippen LogP contribution in [0.25, 0.3) is 11.2 Å². The van der Waals surface area contributed by atoms with Gasteiger partial charge in [-0.3, -0.25) is 0 Å². The fourth-order valence-corrected chi connectivity index (χ4v) is 3.96. The molecule has 1 fully saturated rings. The minimum Gasteiger partial charge on any atom is -0.490 e. The van der Waals surface area contributed by atoms with Crippen molar-refractivity contribution < 1.29 is 26.7 Å². The molecule has 0 spiro atoms. The Labute approximate surface area is 181 Å². The van der Waals surface area contributed by atoms with Crippen LogP contribution in [0.2, 0.25) is 0 Å². The third-order valence-corrected chi connectivity index (χ3v) is 5.59. The molecule has 0 N–H and O–H groups in total. The molecule has 1 aliphatic heterocycles. The van der Waals surface area contributed by atoms with Gasteiger partial charge >= 0.3 is 6.18 Å². The molecule has 2 atom stereocenters. The summed E-state index contributed by atoms with van der Waals surface area (Å²) in [6.07, 6.45) is -3.02. The van der Waals surface area contributed by atoms with Crippen LogP contribution in [0, 0.1) is 5.92 Å². The zero-order chi connectivity index (χ0) is 22.9. The first-order valence-corrected chi connectivity index (χ1v) is 10.3. The zero-order valence-electron chi connectivity index (χ0n) is 17.3. The van der Waals surface area contributed by atoms with Gasteiger partial charge in [-0.15, -0.1) is 0 Å². The summed E-state index contributed by atoms with van der Waals surface area (Å²) in [6, 6.07) is 5.17. The predicted molar refractivity (Wildman–Crippen MR) is 108 cm³/mol. The number of aromatic nitrogens is 4. The van der Waals surface area contributed by atoms with Crippen LogP contribution in [-0.2, 0) is 12.7 Å². The standard InChI is InChI=1S/C21H22F5N5O/c1-13(32-17-7-3-2-6-15(17)21(24,25)26)14-5-4-8-30(11-14)19-10-27-16-9-28-31(12-18(22)23)20(16)29-19/h2-3,6-7,9-10,13-14,18H,4-5,8,11-12H2,1H3/t13-,14-/m1/s1. The Balaban J connectivity index is 1.50. The van der Waals surface area contributed by atoms with E-state index < -0.39 is 30.8 Å². The SMILES string of the molecule is C[C@@H](Oc1ccccc1C(F)(F)F)[C@@H]1CCCN(c2cnc3cnn(CC(F)F)c3n2)C1. The summed E-state index contributed by atoms with van der Waals surface area (Å²) in [5.74, 6) is 0.274. The van der Waals surface area contributed by atoms with Crippen molar-refractivity contribution in [2.24, 2.45) is 5.92 Å². The lowest BCUT2D eigenvalue weighted by atomic mass is 9.93. The number of para-hydroxylation sites is 1. The lowest BCUT2D eigenvalue weighted by Gasteiger charge is -2.36. The fourth-order valence-electron chi connectivity index (χ4n) is 3.96. The van der Waals surface area contributed by atoms with E-state index in [0.717, 1.165) is 23.6 Å². The molecule has 11 heteroatoms. The fraction of sp³-hybridized carbons (Fsp3) is 0.476. The van der Waals surface area contributed by atoms with Gasteiger partial charge in [-0.1, -0.05) is 12.1 Å². The summed E-state index contributed by atoms with van der Waals surface area (Å²) in [4.78, 5) is 10.7. The highest BCUT2D eigenvalue weighted by Gasteiger charge is 2.35. The first kappa shape index (κ1) is 22.2. The molecule has 0 saturated carbocycles. The van der Waals surface area contributed by atoms with E-state index in [1.165, 1.54) is 24.4 Å². The summed E-state index contributed by atoms with van der Waals surface area (Å²) >= 11 is 0. The molecule has 0 aliphatic carbocycles. The minimum absolute atomic E-state index is 0.0477. The van der Waals surface area contributed by atoms with Gasteiger partial charge in [0.05, 0.1) is 18.0 Å². The van der Waals surface area contributed by atoms with E-state index in [1.807, 2.05) is 4.90 Å². The monoisotopic (exact) mass is 455 g/mol. The van der Waals surface area contributed by atoms with Gasteiger partial charge in [-0.05, 0) is 31.9 Å². The van der Waals surface area contributed by atoms with Gasteiger partial charge in [-0.25, -0.2) is 23.4 Å². The molecular weight excluding hydrogens is 433 g/mol. The molecule has 0 bridgehead atoms. The second-order valence-electron chi connectivity index (χ2n) is 7.82. The Morgan fingerprint density at radius 2 is 1.97 bits per heavy atom. The van der Waals surface area contributed by atoms with Crippen molar-refractivity contribution in [1.82, 2.24) is 19.7 Å². The van der Waals surface area contributed by atoms with E-state index in [4.69, 9.17) is 4.74 Å². The second-order valence-corrected chi connectivity index (χ2v) is 7.82. The zero-order valence-corrected chi connectivity index (χ0v) is 17.3. The Morgan fingerprint density at radius 3 is 2.72 bits per heavy atom. The lowest BCUT2D eigenvalue weighted by molar-refractivity contribution is -0.139. The first-order chi connectivity index (χ1) is 15.2. The summed E-state index contributed by atoms with van der Waals surface area (Å²) in [6.45, 7) is 2.35. The highest BCUT2D eigenvalue weighted by atomic mass is 19.4. The number of alkyl halides is 5. The number of rotatable bonds is 6. The van der Waals surface area contributed by atoms with Crippen LogP contribution < -0.4 is 9.64 Å². The molecule has 1 saturated heterocycles. The van der Waals surface area contributed by atoms with Gasteiger partial charge in [-0.2, -0.15) is 18.3 Å². The molecule has 6 nitrogen and oxygen atoms in total. The van der Waals surface area contributed by atoms with E-state index in [9.17, 15) is 22.0 Å². The molecular formula is C21H22F5N5O. The molecule has 1 aliphatic rings. The second kappa shape index (κ2) is 8.87. The van der Waals surface area contributed by atoms with E-state index in [0.29, 0.717) is 24.4 Å². The van der Waals surface area contributed by atoms with Crippen molar-refractivity contribution in [3.8, 4) is 5.75 Å². The largest absolute Gasteiger partial charge is 0.490 e. The summed E-state index contributed by atoms with van der Waals surface area (Å²) < 4.78 is 72.3. The number of hydrogen-bond donors (Lipinski definition) is 0. The van der Waals surface area contributed by atoms with E-state index in [-0.39, 0.29) is 17.3 Å². The van der Waals surface area contributed by atoms with Gasteiger partial charge in [0.2, 0.25) is 0 Å². The number of anilines is 1. The Kier molecular flexibility index (Phi) is 6.16. The van der Waals surface area contributed by atoms with Crippen LogP contribution in [0.1, 0.15) is 25.3 Å². The average molecular weight is 455 g/mol. The van der Waals surface area contributed by atoms with Crippen LogP contribution in [0.4, 0.5) is 27.8 Å². The van der Waals surface area contributed by atoms with Crippen LogP contribution in [0.3, 0.4) is 0 Å². The number of fused-ring (bicyclic) bond motifs is 1. The summed E-state index contributed by atoms with van der Waals surface area (Å²) in [5, 5.41) is 3.92. The van der Waals surface area contributed by atoms with Gasteiger partial charge in [0.25, 0.3) is 6.43 Å². The van der Waals surface area contributed by atoms with Gasteiger partial charge in [0, 0.05) is 19.0 Å².